The summed E-state index contributed by atoms with van der Waals surface area (Å²) in [6.45, 7) is 3.57. The van der Waals surface area contributed by atoms with Crippen molar-refractivity contribution in [1.82, 2.24) is 14.8 Å². The minimum Gasteiger partial charge on any atom is -0.334 e. The monoisotopic (exact) mass is 711 g/mol. The van der Waals surface area contributed by atoms with E-state index in [0.717, 1.165) is 79.8 Å². The normalized spacial score (nSPS) is 17.5. The summed E-state index contributed by atoms with van der Waals surface area (Å²) < 4.78 is 2.09. The van der Waals surface area contributed by atoms with Crippen LogP contribution in [0.5, 0.6) is 0 Å². The highest BCUT2D eigenvalue weighted by molar-refractivity contribution is 6.35. The molecule has 0 spiro atoms. The van der Waals surface area contributed by atoms with Crippen LogP contribution >= 0.6 is 11.6 Å². The molecule has 4 heterocycles. The molecule has 2 saturated heterocycles. The number of halogens is 1. The van der Waals surface area contributed by atoms with Gasteiger partial charge in [-0.05, 0) is 110 Å². The van der Waals surface area contributed by atoms with Crippen LogP contribution in [-0.4, -0.2) is 52.9 Å². The maximum Gasteiger partial charge on any atom is 0.270 e. The first kappa shape index (κ1) is 33.9. The first-order chi connectivity index (χ1) is 25.5. The molecule has 2 N–H and O–H groups in total. The van der Waals surface area contributed by atoms with Crippen molar-refractivity contribution in [3.8, 4) is 11.1 Å². The van der Waals surface area contributed by atoms with E-state index in [-0.39, 0.29) is 35.3 Å². The van der Waals surface area contributed by atoms with Gasteiger partial charge in [-0.15, -0.1) is 0 Å². The maximum atomic E-state index is 14.4. The van der Waals surface area contributed by atoms with Gasteiger partial charge in [-0.2, -0.15) is 0 Å². The molecule has 1 atom stereocenters. The summed E-state index contributed by atoms with van der Waals surface area (Å²) in [5.41, 5.74) is 6.42. The number of nitrogens with zero attached hydrogens (tertiary/aromatic N) is 3. The molecule has 3 aliphatic heterocycles. The van der Waals surface area contributed by atoms with Crippen LogP contribution < -0.4 is 15.5 Å². The Morgan fingerprint density at radius 1 is 0.731 bits per heavy atom. The molecule has 3 amide bonds. The van der Waals surface area contributed by atoms with Crippen LogP contribution in [0, 0.1) is 5.92 Å². The van der Waals surface area contributed by atoms with Crippen LogP contribution in [0.4, 0.5) is 11.4 Å². The number of benzene rings is 4. The zero-order chi connectivity index (χ0) is 35.6. The fraction of sp³-hybridized carbons (Fsp3) is 0.279. The molecule has 264 valence electrons. The topological polar surface area (TPSA) is 86.7 Å². The molecular weight excluding hydrogens is 670 g/mol. The SMILES string of the molecule is O=C(Nc1ccc(C(=O)N2Cc3ccc(C(=O)N4CCCCC4C4CCNCC4)n3Cc3ccccc32)c(Cl)c1)c1ccccc1-c1ccccc1. The Bertz CT molecular complexity index is 2120. The van der Waals surface area contributed by atoms with E-state index in [0.29, 0.717) is 35.0 Å². The Kier molecular flexibility index (Phi) is 9.67. The summed E-state index contributed by atoms with van der Waals surface area (Å²) in [5.74, 6) is 0.0781. The van der Waals surface area contributed by atoms with Gasteiger partial charge in [-0.25, -0.2) is 0 Å². The Hall–Kier alpha value is -5.18. The van der Waals surface area contributed by atoms with Gasteiger partial charge in [-0.1, -0.05) is 78.3 Å². The third-order valence-electron chi connectivity index (χ3n) is 10.9. The molecule has 0 saturated carbocycles. The van der Waals surface area contributed by atoms with Gasteiger partial charge in [0.15, 0.2) is 0 Å². The second-order valence-electron chi connectivity index (χ2n) is 14.0. The number of amides is 3. The van der Waals surface area contributed by atoms with Crippen molar-refractivity contribution in [3.63, 3.8) is 0 Å². The predicted molar refractivity (Wildman–Crippen MR) is 206 cm³/mol. The molecule has 1 aromatic heterocycles. The molecule has 8 nitrogen and oxygen atoms in total. The number of anilines is 2. The zero-order valence-electron chi connectivity index (χ0n) is 29.1. The Balaban J connectivity index is 1.04. The number of rotatable bonds is 6. The first-order valence-electron chi connectivity index (χ1n) is 18.3. The second kappa shape index (κ2) is 14.8. The smallest absolute Gasteiger partial charge is 0.270 e. The lowest BCUT2D eigenvalue weighted by molar-refractivity contribution is 0.0465. The van der Waals surface area contributed by atoms with Gasteiger partial charge in [0.2, 0.25) is 0 Å². The van der Waals surface area contributed by atoms with Gasteiger partial charge in [-0.3, -0.25) is 14.4 Å². The second-order valence-corrected chi connectivity index (χ2v) is 14.4. The summed E-state index contributed by atoms with van der Waals surface area (Å²) in [6, 6.07) is 34.3. The van der Waals surface area contributed by atoms with E-state index in [1.54, 1.807) is 29.2 Å². The van der Waals surface area contributed by atoms with E-state index in [1.807, 2.05) is 84.9 Å². The van der Waals surface area contributed by atoms with Crippen molar-refractivity contribution in [3.05, 3.63) is 142 Å². The molecule has 1 unspecified atom stereocenters. The van der Waals surface area contributed by atoms with Crippen LogP contribution in [0.2, 0.25) is 5.02 Å². The van der Waals surface area contributed by atoms with Crippen molar-refractivity contribution in [2.24, 2.45) is 5.92 Å². The predicted octanol–water partition coefficient (Wildman–Crippen LogP) is 8.26. The number of carbonyl (C=O) groups is 3. The fourth-order valence-corrected chi connectivity index (χ4v) is 8.53. The highest BCUT2D eigenvalue weighted by Gasteiger charge is 2.36. The molecule has 9 heteroatoms. The summed E-state index contributed by atoms with van der Waals surface area (Å²) >= 11 is 6.82. The number of carbonyl (C=O) groups excluding carboxylic acids is 3. The van der Waals surface area contributed by atoms with Crippen LogP contribution in [0.3, 0.4) is 0 Å². The highest BCUT2D eigenvalue weighted by atomic mass is 35.5. The molecule has 0 aliphatic carbocycles. The molecule has 8 rings (SSSR count). The van der Waals surface area contributed by atoms with E-state index in [4.69, 9.17) is 11.6 Å². The van der Waals surface area contributed by atoms with Gasteiger partial charge in [0, 0.05) is 35.2 Å². The lowest BCUT2D eigenvalue weighted by Crippen LogP contribution is -2.50. The van der Waals surface area contributed by atoms with Gasteiger partial charge in [0.25, 0.3) is 17.7 Å². The first-order valence-corrected chi connectivity index (χ1v) is 18.7. The number of likely N-dealkylation sites (tertiary alicyclic amines) is 1. The maximum absolute atomic E-state index is 14.4. The van der Waals surface area contributed by atoms with Crippen LogP contribution in [-0.2, 0) is 13.1 Å². The number of hydrogen-bond donors (Lipinski definition) is 2. The van der Waals surface area contributed by atoms with E-state index in [1.165, 1.54) is 0 Å². The van der Waals surface area contributed by atoms with Crippen molar-refractivity contribution in [2.75, 3.05) is 29.9 Å². The van der Waals surface area contributed by atoms with E-state index >= 15 is 0 Å². The Labute approximate surface area is 309 Å². The zero-order valence-corrected chi connectivity index (χ0v) is 29.8. The summed E-state index contributed by atoms with van der Waals surface area (Å²) in [6.07, 6.45) is 5.44. The standard InChI is InChI=1S/C43H42ClN5O3/c44-37-26-32(46-41(50)35-14-6-5-13-34(35)29-10-2-1-3-11-29)17-19-36(37)42(51)49-28-33-18-20-40(48(33)27-31-12-4-7-15-39(31)49)43(52)47-25-9-8-16-38(47)30-21-23-45-24-22-30/h1-7,10-15,17-20,26,30,38,45H,8-9,16,21-25,27-28H2,(H,46,50). The minimum absolute atomic E-state index is 0.0822. The summed E-state index contributed by atoms with van der Waals surface area (Å²) in [7, 11) is 0. The molecule has 5 aromatic rings. The van der Waals surface area contributed by atoms with Crippen LogP contribution in [0.25, 0.3) is 11.1 Å². The van der Waals surface area contributed by atoms with Crippen molar-refractivity contribution < 1.29 is 14.4 Å². The van der Waals surface area contributed by atoms with Crippen molar-refractivity contribution in [1.29, 1.82) is 0 Å². The number of piperidine rings is 2. The van der Waals surface area contributed by atoms with Gasteiger partial charge < -0.3 is 25.0 Å². The number of hydrogen-bond acceptors (Lipinski definition) is 4. The number of fused-ring (bicyclic) bond motifs is 2. The summed E-state index contributed by atoms with van der Waals surface area (Å²) in [5, 5.41) is 6.67. The Morgan fingerprint density at radius 3 is 2.33 bits per heavy atom. The lowest BCUT2D eigenvalue weighted by atomic mass is 9.84. The summed E-state index contributed by atoms with van der Waals surface area (Å²) in [4.78, 5) is 46.1. The molecule has 3 aliphatic rings. The molecule has 0 bridgehead atoms. The quantitative estimate of drug-likeness (QED) is 0.186. The fourth-order valence-electron chi connectivity index (χ4n) is 8.26. The van der Waals surface area contributed by atoms with Gasteiger partial charge >= 0.3 is 0 Å². The van der Waals surface area contributed by atoms with Crippen LogP contribution in [0.1, 0.15) is 74.6 Å². The molecule has 2 fully saturated rings. The Morgan fingerprint density at radius 2 is 1.50 bits per heavy atom. The van der Waals surface area contributed by atoms with Crippen LogP contribution in [0.15, 0.2) is 109 Å². The van der Waals surface area contributed by atoms with E-state index in [9.17, 15) is 14.4 Å². The van der Waals surface area contributed by atoms with Gasteiger partial charge in [0.1, 0.15) is 5.69 Å². The van der Waals surface area contributed by atoms with Gasteiger partial charge in [0.05, 0.1) is 23.7 Å². The van der Waals surface area contributed by atoms with Crippen molar-refractivity contribution in [2.45, 2.75) is 51.2 Å². The third-order valence-corrected chi connectivity index (χ3v) is 11.2. The molecular formula is C43H42ClN5O3. The van der Waals surface area contributed by atoms with E-state index < -0.39 is 0 Å². The molecule has 52 heavy (non-hydrogen) atoms. The number of aromatic nitrogens is 1. The average Bonchev–Trinajstić information content (AvgIpc) is 3.50. The number of para-hydroxylation sites is 1. The minimum atomic E-state index is -0.270. The van der Waals surface area contributed by atoms with E-state index in [2.05, 4.69) is 20.1 Å². The average molecular weight is 712 g/mol. The number of nitrogens with one attached hydrogen (secondary N) is 2. The molecule has 0 radical (unpaired) electrons. The molecule has 4 aromatic carbocycles. The lowest BCUT2D eigenvalue weighted by Gasteiger charge is -2.42. The highest BCUT2D eigenvalue weighted by Crippen LogP contribution is 2.35. The largest absolute Gasteiger partial charge is 0.334 e. The third kappa shape index (κ3) is 6.64. The van der Waals surface area contributed by atoms with Crippen molar-refractivity contribution >= 4 is 40.7 Å².